The second-order valence-corrected chi connectivity index (χ2v) is 7.77. The summed E-state index contributed by atoms with van der Waals surface area (Å²) in [5.41, 5.74) is 9.10. The van der Waals surface area contributed by atoms with Gasteiger partial charge in [-0.15, -0.1) is 12.4 Å². The molecule has 1 aromatic carbocycles. The summed E-state index contributed by atoms with van der Waals surface area (Å²) < 4.78 is 0. The number of halogens is 1. The molecule has 1 fully saturated rings. The van der Waals surface area contributed by atoms with Gasteiger partial charge in [-0.2, -0.15) is 11.8 Å². The number of nitrogens with two attached hydrogens (primary N) is 1. The third-order valence-electron chi connectivity index (χ3n) is 4.88. The summed E-state index contributed by atoms with van der Waals surface area (Å²) in [4.78, 5) is 28.6. The molecular weight excluding hydrogens is 384 g/mol. The Labute approximate surface area is 172 Å². The number of nitrogens with zero attached hydrogens (tertiary/aromatic N) is 2. The maximum atomic E-state index is 12.3. The topological polar surface area (TPSA) is 78.7 Å². The molecule has 2 amide bonds. The molecule has 1 heterocycles. The Kier molecular flexibility index (Phi) is 10.2. The van der Waals surface area contributed by atoms with Gasteiger partial charge in [0.2, 0.25) is 11.8 Å². The van der Waals surface area contributed by atoms with Crippen molar-refractivity contribution in [2.45, 2.75) is 26.3 Å². The molecule has 3 N–H and O–H groups in total. The van der Waals surface area contributed by atoms with E-state index in [1.165, 1.54) is 0 Å². The minimum atomic E-state index is -0.415. The van der Waals surface area contributed by atoms with Crippen LogP contribution in [0.1, 0.15) is 17.5 Å². The molecular formula is C19H31ClN4O2S. The summed E-state index contributed by atoms with van der Waals surface area (Å²) in [6, 6.07) is 5.49. The number of hydrogen-bond donors (Lipinski definition) is 2. The Morgan fingerprint density at radius 3 is 2.52 bits per heavy atom. The molecule has 1 unspecified atom stereocenters. The van der Waals surface area contributed by atoms with Crippen LogP contribution in [-0.2, 0) is 9.59 Å². The highest BCUT2D eigenvalue weighted by Gasteiger charge is 2.25. The molecule has 27 heavy (non-hydrogen) atoms. The smallest absolute Gasteiger partial charge is 0.239 e. The number of benzene rings is 1. The fraction of sp³-hybridized carbons (Fsp3) is 0.579. The average molecular weight is 415 g/mol. The third kappa shape index (κ3) is 6.99. The summed E-state index contributed by atoms with van der Waals surface area (Å²) in [6.07, 6.45) is 2.72. The maximum Gasteiger partial charge on any atom is 0.239 e. The molecule has 152 valence electrons. The van der Waals surface area contributed by atoms with Gasteiger partial charge in [0.1, 0.15) is 0 Å². The number of amides is 2. The predicted octanol–water partition coefficient (Wildman–Crippen LogP) is 1.89. The van der Waals surface area contributed by atoms with Crippen LogP contribution in [0.4, 0.5) is 5.69 Å². The zero-order valence-electron chi connectivity index (χ0n) is 16.4. The van der Waals surface area contributed by atoms with Gasteiger partial charge in [0, 0.05) is 31.9 Å². The van der Waals surface area contributed by atoms with E-state index in [-0.39, 0.29) is 24.2 Å². The SMILES string of the molecule is CSCCC(N)C(=O)N1CCN(CC(=O)Nc2cccc(C)c2C)CC1.Cl. The first-order valence-corrected chi connectivity index (χ1v) is 10.4. The molecule has 0 aromatic heterocycles. The van der Waals surface area contributed by atoms with Crippen LogP contribution in [0.3, 0.4) is 0 Å². The van der Waals surface area contributed by atoms with E-state index in [4.69, 9.17) is 5.73 Å². The van der Waals surface area contributed by atoms with Crippen molar-refractivity contribution < 1.29 is 9.59 Å². The highest BCUT2D eigenvalue weighted by atomic mass is 35.5. The number of hydrogen-bond acceptors (Lipinski definition) is 5. The molecule has 1 aliphatic heterocycles. The van der Waals surface area contributed by atoms with E-state index in [0.29, 0.717) is 39.1 Å². The predicted molar refractivity (Wildman–Crippen MR) is 116 cm³/mol. The van der Waals surface area contributed by atoms with Crippen LogP contribution in [0.2, 0.25) is 0 Å². The van der Waals surface area contributed by atoms with E-state index in [1.807, 2.05) is 43.2 Å². The van der Waals surface area contributed by atoms with Gasteiger partial charge in [-0.25, -0.2) is 0 Å². The van der Waals surface area contributed by atoms with Crippen molar-refractivity contribution in [3.8, 4) is 0 Å². The molecule has 6 nitrogen and oxygen atoms in total. The van der Waals surface area contributed by atoms with Crippen LogP contribution < -0.4 is 11.1 Å². The molecule has 0 bridgehead atoms. The van der Waals surface area contributed by atoms with E-state index in [2.05, 4.69) is 10.2 Å². The van der Waals surface area contributed by atoms with E-state index >= 15 is 0 Å². The standard InChI is InChI=1S/C19H30N4O2S.ClH/c1-14-5-4-6-17(15(14)2)21-18(24)13-22-8-10-23(11-9-22)19(25)16(20)7-12-26-3;/h4-6,16H,7-13,20H2,1-3H3,(H,21,24);1H. The summed E-state index contributed by atoms with van der Waals surface area (Å²) in [5.74, 6) is 0.902. The highest BCUT2D eigenvalue weighted by molar-refractivity contribution is 7.98. The molecule has 0 aliphatic carbocycles. The Balaban J connectivity index is 0.00000364. The first kappa shape index (κ1) is 23.8. The quantitative estimate of drug-likeness (QED) is 0.712. The summed E-state index contributed by atoms with van der Waals surface area (Å²) in [6.45, 7) is 7.03. The molecule has 0 saturated carbocycles. The first-order valence-electron chi connectivity index (χ1n) is 9.04. The average Bonchev–Trinajstić information content (AvgIpc) is 2.63. The van der Waals surface area contributed by atoms with Gasteiger partial charge in [0.15, 0.2) is 0 Å². The van der Waals surface area contributed by atoms with Gasteiger partial charge in [-0.05, 0) is 49.5 Å². The van der Waals surface area contributed by atoms with Gasteiger partial charge in [0.05, 0.1) is 12.6 Å². The number of anilines is 1. The number of rotatable bonds is 7. The highest BCUT2D eigenvalue weighted by Crippen LogP contribution is 2.18. The van der Waals surface area contributed by atoms with Crippen molar-refractivity contribution in [1.82, 2.24) is 9.80 Å². The zero-order valence-corrected chi connectivity index (χ0v) is 18.0. The summed E-state index contributed by atoms with van der Waals surface area (Å²) >= 11 is 1.70. The van der Waals surface area contributed by atoms with Gasteiger partial charge in [-0.3, -0.25) is 14.5 Å². The number of thioether (sulfide) groups is 1. The largest absolute Gasteiger partial charge is 0.339 e. The summed E-state index contributed by atoms with van der Waals surface area (Å²) in [5, 5.41) is 2.99. The van der Waals surface area contributed by atoms with E-state index in [9.17, 15) is 9.59 Å². The molecule has 0 spiro atoms. The lowest BCUT2D eigenvalue weighted by atomic mass is 10.1. The fourth-order valence-electron chi connectivity index (χ4n) is 3.01. The Morgan fingerprint density at radius 2 is 1.89 bits per heavy atom. The lowest BCUT2D eigenvalue weighted by molar-refractivity contribution is -0.134. The molecule has 2 rings (SSSR count). The summed E-state index contributed by atoms with van der Waals surface area (Å²) in [7, 11) is 0. The van der Waals surface area contributed by atoms with Gasteiger partial charge in [0.25, 0.3) is 0 Å². The van der Waals surface area contributed by atoms with E-state index in [0.717, 1.165) is 22.6 Å². The van der Waals surface area contributed by atoms with Gasteiger partial charge < -0.3 is 16.0 Å². The molecule has 1 saturated heterocycles. The van der Waals surface area contributed by atoms with Crippen LogP contribution in [0.15, 0.2) is 18.2 Å². The monoisotopic (exact) mass is 414 g/mol. The van der Waals surface area contributed by atoms with Gasteiger partial charge in [-0.1, -0.05) is 12.1 Å². The fourth-order valence-corrected chi connectivity index (χ4v) is 3.50. The third-order valence-corrected chi connectivity index (χ3v) is 5.52. The maximum absolute atomic E-state index is 12.3. The number of aryl methyl sites for hydroxylation is 1. The second-order valence-electron chi connectivity index (χ2n) is 6.79. The molecule has 1 aromatic rings. The normalized spacial score (nSPS) is 15.8. The Morgan fingerprint density at radius 1 is 1.22 bits per heavy atom. The number of nitrogens with one attached hydrogen (secondary N) is 1. The van der Waals surface area contributed by atoms with Crippen LogP contribution in [-0.4, -0.2) is 72.4 Å². The Hall–Kier alpha value is -1.28. The molecule has 1 atom stereocenters. The van der Waals surface area contributed by atoms with Crippen LogP contribution >= 0.6 is 24.2 Å². The van der Waals surface area contributed by atoms with Crippen LogP contribution in [0, 0.1) is 13.8 Å². The van der Waals surface area contributed by atoms with E-state index < -0.39 is 6.04 Å². The Bertz CT molecular complexity index is 636. The minimum Gasteiger partial charge on any atom is -0.339 e. The van der Waals surface area contributed by atoms with Crippen molar-refractivity contribution in [3.63, 3.8) is 0 Å². The number of carbonyl (C=O) groups is 2. The van der Waals surface area contributed by atoms with Crippen LogP contribution in [0.25, 0.3) is 0 Å². The van der Waals surface area contributed by atoms with Crippen molar-refractivity contribution in [3.05, 3.63) is 29.3 Å². The lowest BCUT2D eigenvalue weighted by Crippen LogP contribution is -2.54. The zero-order chi connectivity index (χ0) is 19.1. The molecule has 8 heteroatoms. The number of carbonyl (C=O) groups excluding carboxylic acids is 2. The van der Waals surface area contributed by atoms with Crippen molar-refractivity contribution >= 4 is 41.7 Å². The first-order chi connectivity index (χ1) is 12.4. The number of piperazine rings is 1. The van der Waals surface area contributed by atoms with Crippen molar-refractivity contribution in [2.75, 3.05) is 50.0 Å². The second kappa shape index (κ2) is 11.5. The van der Waals surface area contributed by atoms with Crippen LogP contribution in [0.5, 0.6) is 0 Å². The van der Waals surface area contributed by atoms with Crippen molar-refractivity contribution in [1.29, 1.82) is 0 Å². The van der Waals surface area contributed by atoms with E-state index in [1.54, 1.807) is 11.8 Å². The van der Waals surface area contributed by atoms with Gasteiger partial charge >= 0.3 is 0 Å². The molecule has 1 aliphatic rings. The molecule has 0 radical (unpaired) electrons. The lowest BCUT2D eigenvalue weighted by Gasteiger charge is -2.35. The minimum absolute atomic E-state index is 0. The van der Waals surface area contributed by atoms with Crippen molar-refractivity contribution in [2.24, 2.45) is 5.73 Å².